The lowest BCUT2D eigenvalue weighted by Gasteiger charge is -2.32. The number of nitrogens with two attached hydrogens (primary N) is 2. The lowest BCUT2D eigenvalue weighted by Crippen LogP contribution is -2.45. The van der Waals surface area contributed by atoms with Crippen molar-refractivity contribution in [3.63, 3.8) is 0 Å². The van der Waals surface area contributed by atoms with Gasteiger partial charge in [0.25, 0.3) is 11.8 Å². The Hall–Kier alpha value is -3.96. The summed E-state index contributed by atoms with van der Waals surface area (Å²) >= 11 is 0.772. The molecule has 4 rings (SSSR count). The van der Waals surface area contributed by atoms with Crippen molar-refractivity contribution >= 4 is 40.6 Å². The van der Waals surface area contributed by atoms with E-state index in [-0.39, 0.29) is 34.2 Å². The standard InChI is InChI=1S/C29H35N5O5S/c1-4-38-21-13-9-19(10-14-21)25(28(36)32-16-22-6-5-15-39-22)34(20-11-7-18(8-12-20)17(2)3)29(37)26-23(30)24(27(31)35)33-40-26/h7-14,17,22,25H,4-6,15-16,30H2,1-3H3,(H2,31,35)(H,32,36). The van der Waals surface area contributed by atoms with Crippen molar-refractivity contribution in [3.05, 3.63) is 70.2 Å². The molecule has 1 aliphatic rings. The number of carbonyl (C=O) groups is 3. The molecule has 2 atom stereocenters. The largest absolute Gasteiger partial charge is 0.494 e. The number of anilines is 2. The molecule has 1 fully saturated rings. The molecule has 0 saturated carbocycles. The van der Waals surface area contributed by atoms with E-state index in [1.54, 1.807) is 36.4 Å². The zero-order valence-corrected chi connectivity index (χ0v) is 23.7. The average Bonchev–Trinajstić information content (AvgIpc) is 3.60. The summed E-state index contributed by atoms with van der Waals surface area (Å²) < 4.78 is 15.3. The molecule has 0 bridgehead atoms. The summed E-state index contributed by atoms with van der Waals surface area (Å²) in [4.78, 5) is 41.4. The van der Waals surface area contributed by atoms with E-state index < -0.39 is 17.9 Å². The molecule has 2 unspecified atom stereocenters. The van der Waals surface area contributed by atoms with Crippen molar-refractivity contribution in [2.75, 3.05) is 30.4 Å². The quantitative estimate of drug-likeness (QED) is 0.318. The summed E-state index contributed by atoms with van der Waals surface area (Å²) in [6.07, 6.45) is 1.69. The number of ether oxygens (including phenoxy) is 2. The van der Waals surface area contributed by atoms with Gasteiger partial charge in [0.2, 0.25) is 5.91 Å². The number of nitrogen functional groups attached to an aromatic ring is 1. The molecule has 11 heteroatoms. The Labute approximate surface area is 237 Å². The molecule has 3 amide bonds. The first-order valence-corrected chi connectivity index (χ1v) is 14.1. The molecular weight excluding hydrogens is 530 g/mol. The van der Waals surface area contributed by atoms with Crippen LogP contribution in [0.25, 0.3) is 0 Å². The van der Waals surface area contributed by atoms with Gasteiger partial charge in [-0.1, -0.05) is 38.1 Å². The van der Waals surface area contributed by atoms with Gasteiger partial charge < -0.3 is 26.3 Å². The summed E-state index contributed by atoms with van der Waals surface area (Å²) in [5, 5.41) is 2.98. The van der Waals surface area contributed by atoms with Crippen LogP contribution in [0.3, 0.4) is 0 Å². The van der Waals surface area contributed by atoms with Gasteiger partial charge in [-0.25, -0.2) is 0 Å². The molecule has 3 aromatic rings. The van der Waals surface area contributed by atoms with Gasteiger partial charge in [0, 0.05) is 18.8 Å². The fourth-order valence-electron chi connectivity index (χ4n) is 4.59. The van der Waals surface area contributed by atoms with E-state index >= 15 is 0 Å². The monoisotopic (exact) mass is 565 g/mol. The Morgan fingerprint density at radius 2 is 1.80 bits per heavy atom. The molecule has 0 aliphatic carbocycles. The molecule has 0 spiro atoms. The Morgan fingerprint density at radius 1 is 1.12 bits per heavy atom. The van der Waals surface area contributed by atoms with E-state index in [2.05, 4.69) is 23.5 Å². The molecule has 0 radical (unpaired) electrons. The van der Waals surface area contributed by atoms with Gasteiger partial charge in [0.1, 0.15) is 16.7 Å². The number of nitrogens with zero attached hydrogens (tertiary/aromatic N) is 2. The predicted molar refractivity (Wildman–Crippen MR) is 155 cm³/mol. The van der Waals surface area contributed by atoms with Crippen molar-refractivity contribution in [1.29, 1.82) is 0 Å². The average molecular weight is 566 g/mol. The number of aromatic nitrogens is 1. The highest BCUT2D eigenvalue weighted by Crippen LogP contribution is 2.34. The Balaban J connectivity index is 1.81. The van der Waals surface area contributed by atoms with Crippen molar-refractivity contribution in [1.82, 2.24) is 9.69 Å². The predicted octanol–water partition coefficient (Wildman–Crippen LogP) is 4.03. The summed E-state index contributed by atoms with van der Waals surface area (Å²) in [6.45, 7) is 7.49. The summed E-state index contributed by atoms with van der Waals surface area (Å²) in [7, 11) is 0. The maximum absolute atomic E-state index is 14.2. The molecule has 5 N–H and O–H groups in total. The minimum absolute atomic E-state index is 0.0181. The SMILES string of the molecule is CCOc1ccc(C(C(=O)NCC2CCCO2)N(C(=O)c2snc(C(N)=O)c2N)c2ccc(C(C)C)cc2)cc1. The number of hydrogen-bond donors (Lipinski definition) is 3. The van der Waals surface area contributed by atoms with Crippen LogP contribution in [0.15, 0.2) is 48.5 Å². The number of primary amides is 1. The highest BCUT2D eigenvalue weighted by atomic mass is 32.1. The smallest absolute Gasteiger partial charge is 0.273 e. The normalized spacial score (nSPS) is 15.6. The third-order valence-electron chi connectivity index (χ3n) is 6.75. The second-order valence-electron chi connectivity index (χ2n) is 9.84. The molecular formula is C29H35N5O5S. The minimum Gasteiger partial charge on any atom is -0.494 e. The van der Waals surface area contributed by atoms with Crippen LogP contribution in [0.4, 0.5) is 11.4 Å². The number of carbonyl (C=O) groups excluding carboxylic acids is 3. The van der Waals surface area contributed by atoms with Gasteiger partial charge in [-0.15, -0.1) is 0 Å². The molecule has 2 heterocycles. The molecule has 212 valence electrons. The third-order valence-corrected chi connectivity index (χ3v) is 7.60. The first-order chi connectivity index (χ1) is 19.2. The number of nitrogens with one attached hydrogen (secondary N) is 1. The van der Waals surface area contributed by atoms with Gasteiger partial charge in [-0.3, -0.25) is 19.3 Å². The molecule has 10 nitrogen and oxygen atoms in total. The second-order valence-corrected chi connectivity index (χ2v) is 10.6. The van der Waals surface area contributed by atoms with Gasteiger partial charge in [0.05, 0.1) is 18.4 Å². The topological polar surface area (TPSA) is 150 Å². The fourth-order valence-corrected chi connectivity index (χ4v) is 5.33. The molecule has 1 aromatic heterocycles. The van der Waals surface area contributed by atoms with Crippen LogP contribution in [0.1, 0.15) is 76.9 Å². The van der Waals surface area contributed by atoms with Crippen LogP contribution >= 0.6 is 11.5 Å². The van der Waals surface area contributed by atoms with Crippen LogP contribution in [-0.4, -0.2) is 48.0 Å². The van der Waals surface area contributed by atoms with Crippen molar-refractivity contribution in [2.24, 2.45) is 5.73 Å². The number of benzene rings is 2. The Kier molecular flexibility index (Phi) is 9.38. The number of rotatable bonds is 11. The lowest BCUT2D eigenvalue weighted by atomic mass is 10.00. The van der Waals surface area contributed by atoms with Crippen molar-refractivity contribution in [3.8, 4) is 5.75 Å². The summed E-state index contributed by atoms with van der Waals surface area (Å²) in [6, 6.07) is 13.4. The highest BCUT2D eigenvalue weighted by Gasteiger charge is 2.36. The van der Waals surface area contributed by atoms with Crippen LogP contribution in [0, 0.1) is 0 Å². The highest BCUT2D eigenvalue weighted by molar-refractivity contribution is 7.09. The van der Waals surface area contributed by atoms with E-state index in [1.165, 1.54) is 4.90 Å². The number of hydrogen-bond acceptors (Lipinski definition) is 8. The van der Waals surface area contributed by atoms with Crippen molar-refractivity contribution < 1.29 is 23.9 Å². The van der Waals surface area contributed by atoms with Crippen molar-refractivity contribution in [2.45, 2.75) is 51.7 Å². The van der Waals surface area contributed by atoms with E-state index in [9.17, 15) is 14.4 Å². The Bertz CT molecular complexity index is 1330. The molecule has 1 saturated heterocycles. The molecule has 40 heavy (non-hydrogen) atoms. The summed E-state index contributed by atoms with van der Waals surface area (Å²) in [5.41, 5.74) is 13.4. The molecule has 1 aliphatic heterocycles. The Morgan fingerprint density at radius 3 is 2.35 bits per heavy atom. The van der Waals surface area contributed by atoms with Gasteiger partial charge in [-0.05, 0) is 72.6 Å². The van der Waals surface area contributed by atoms with Crippen LogP contribution in [0.5, 0.6) is 5.75 Å². The maximum atomic E-state index is 14.2. The zero-order chi connectivity index (χ0) is 28.8. The van der Waals surface area contributed by atoms with E-state index in [0.717, 1.165) is 29.9 Å². The maximum Gasteiger partial charge on any atom is 0.273 e. The van der Waals surface area contributed by atoms with E-state index in [4.69, 9.17) is 20.9 Å². The van der Waals surface area contributed by atoms with Crippen LogP contribution < -0.4 is 26.4 Å². The number of amides is 3. The lowest BCUT2D eigenvalue weighted by molar-refractivity contribution is -0.123. The zero-order valence-electron chi connectivity index (χ0n) is 22.9. The van der Waals surface area contributed by atoms with Gasteiger partial charge in [0.15, 0.2) is 5.69 Å². The fraction of sp³-hybridized carbons (Fsp3) is 0.379. The van der Waals surface area contributed by atoms with Gasteiger partial charge >= 0.3 is 0 Å². The van der Waals surface area contributed by atoms with Crippen LogP contribution in [0.2, 0.25) is 0 Å². The third kappa shape index (κ3) is 6.43. The second kappa shape index (κ2) is 12.9. The van der Waals surface area contributed by atoms with Gasteiger partial charge in [-0.2, -0.15) is 4.37 Å². The summed E-state index contributed by atoms with van der Waals surface area (Å²) in [5.74, 6) is -0.894. The van der Waals surface area contributed by atoms with E-state index in [0.29, 0.717) is 36.8 Å². The van der Waals surface area contributed by atoms with Crippen LogP contribution in [-0.2, 0) is 9.53 Å². The first-order valence-electron chi connectivity index (χ1n) is 13.3. The van der Waals surface area contributed by atoms with E-state index in [1.807, 2.05) is 19.1 Å². The molecule has 2 aromatic carbocycles. The minimum atomic E-state index is -1.08. The first kappa shape index (κ1) is 29.0.